The molecule has 1 radical (unpaired) electrons. The molecule has 0 rings (SSSR count). The van der Waals surface area contributed by atoms with Gasteiger partial charge in [-0.25, -0.2) is 0 Å². The van der Waals surface area contributed by atoms with E-state index in [-0.39, 0.29) is 0 Å². The monoisotopic (exact) mass is 425 g/mol. The van der Waals surface area contributed by atoms with Crippen LogP contribution in [-0.4, -0.2) is 4.86 Å². The van der Waals surface area contributed by atoms with Crippen molar-refractivity contribution in [3.63, 3.8) is 0 Å². The Morgan fingerprint density at radius 3 is 1.80 bits per heavy atom. The zero-order valence-corrected chi connectivity index (χ0v) is 9.92. The maximum atomic E-state index is 2.62. The summed E-state index contributed by atoms with van der Waals surface area (Å²) in [6.45, 7) is 0. The molecule has 0 saturated heterocycles. The first-order chi connectivity index (χ1) is 2.27. The Labute approximate surface area is 61.5 Å². The molecule has 0 amide bonds. The number of hydrogen-bond donors (Lipinski definition) is 0. The maximum absolute atomic E-state index is 2.62. The summed E-state index contributed by atoms with van der Waals surface area (Å²) < 4.78 is 0. The molecule has 0 fully saturated rings. The van der Waals surface area contributed by atoms with E-state index in [9.17, 15) is 0 Å². The molecule has 5 heavy (non-hydrogen) atoms. The van der Waals surface area contributed by atoms with Crippen LogP contribution in [0.4, 0.5) is 0 Å². The average Bonchev–Trinajstić information content (AvgIpc) is 1.38. The van der Waals surface area contributed by atoms with Crippen molar-refractivity contribution >= 4 is 62.9 Å². The second-order valence-corrected chi connectivity index (χ2v) is 26.3. The fourth-order valence-corrected chi connectivity index (χ4v) is 0. The molecule has 0 aromatic carbocycles. The summed E-state index contributed by atoms with van der Waals surface area (Å²) >= 11 is 4.44. The van der Waals surface area contributed by atoms with Crippen molar-refractivity contribution in [1.82, 2.24) is 0 Å². The van der Waals surface area contributed by atoms with E-state index in [1.807, 2.05) is 0 Å². The van der Waals surface area contributed by atoms with Crippen molar-refractivity contribution in [3.8, 4) is 0 Å². The molecular weight excluding hydrogens is 422 g/mol. The summed E-state index contributed by atoms with van der Waals surface area (Å²) in [6.07, 6.45) is 0. The van der Waals surface area contributed by atoms with Crippen molar-refractivity contribution in [3.05, 3.63) is 0 Å². The van der Waals surface area contributed by atoms with Crippen LogP contribution < -0.4 is 0 Å². The van der Waals surface area contributed by atoms with Crippen molar-refractivity contribution < 1.29 is 0 Å². The first kappa shape index (κ1) is 7.68. The molecule has 0 spiro atoms. The fourth-order valence-electron chi connectivity index (χ4n) is 0. The zero-order valence-electron chi connectivity index (χ0n) is 2.29. The van der Waals surface area contributed by atoms with Gasteiger partial charge in [-0.15, -0.1) is 0 Å². The Bertz CT molecular complexity index is 20.9. The summed E-state index contributed by atoms with van der Waals surface area (Å²) in [5.74, 6) is 0. The predicted molar refractivity (Wildman–Crippen MR) is 57.5 cm³/mol. The molecule has 0 heterocycles. The van der Waals surface area contributed by atoms with E-state index in [2.05, 4.69) is 51.2 Å². The summed E-state index contributed by atoms with van der Waals surface area (Å²) in [7, 11) is 2.62. The van der Waals surface area contributed by atoms with Gasteiger partial charge in [0.25, 0.3) is 0 Å². The molecule has 0 aliphatic heterocycles. The topological polar surface area (TPSA) is 0 Å². The molecular formula is H2BI3P. The molecule has 0 saturated carbocycles. The Balaban J connectivity index is 2.54. The molecule has 0 N–H and O–H groups in total. The molecule has 1 unspecified atom stereocenters. The van der Waals surface area contributed by atoms with Gasteiger partial charge in [-0.2, -0.15) is 0 Å². The van der Waals surface area contributed by atoms with E-state index in [0.29, 0.717) is 0 Å². The first-order valence-electron chi connectivity index (χ1n) is 0.837. The van der Waals surface area contributed by atoms with Crippen LogP contribution in [-0.2, 0) is 0 Å². The molecule has 0 nitrogen and oxygen atoms in total. The molecule has 0 aliphatic rings. The van der Waals surface area contributed by atoms with E-state index in [1.54, 1.807) is 0 Å². The van der Waals surface area contributed by atoms with Crippen molar-refractivity contribution in [1.29, 1.82) is 0 Å². The van der Waals surface area contributed by atoms with Gasteiger partial charge in [0.2, 0.25) is 0 Å². The van der Waals surface area contributed by atoms with Gasteiger partial charge in [-0.05, 0) is 0 Å². The van der Waals surface area contributed by atoms with Gasteiger partial charge >= 0.3 is 62.9 Å². The van der Waals surface area contributed by atoms with E-state index in [1.165, 1.54) is 0 Å². The van der Waals surface area contributed by atoms with Crippen LogP contribution in [0.15, 0.2) is 0 Å². The Hall–Kier alpha value is 2.68. The SMILES string of the molecule is P[B]I(I)I. The average molecular weight is 425 g/mol. The third kappa shape index (κ3) is 6.68. The Morgan fingerprint density at radius 1 is 1.60 bits per heavy atom. The van der Waals surface area contributed by atoms with Gasteiger partial charge in [0, 0.05) is 0 Å². The third-order valence-electron chi connectivity index (χ3n) is 0.0952. The van der Waals surface area contributed by atoms with E-state index >= 15 is 0 Å². The van der Waals surface area contributed by atoms with Crippen molar-refractivity contribution in [2.24, 2.45) is 0 Å². The van der Waals surface area contributed by atoms with E-state index in [4.69, 9.17) is 0 Å². The number of hydrogen-bond acceptors (Lipinski definition) is 0. The third-order valence-corrected chi connectivity index (χ3v) is 12.9. The van der Waals surface area contributed by atoms with Gasteiger partial charge in [0.15, 0.2) is 0 Å². The van der Waals surface area contributed by atoms with Gasteiger partial charge in [-0.3, -0.25) is 0 Å². The zero-order chi connectivity index (χ0) is 4.28. The molecule has 5 heteroatoms. The van der Waals surface area contributed by atoms with Gasteiger partial charge in [0.1, 0.15) is 0 Å². The first-order valence-corrected chi connectivity index (χ1v) is 15.3. The minimum absolute atomic E-state index is 0.504. The van der Waals surface area contributed by atoms with E-state index < -0.39 is 11.7 Å². The van der Waals surface area contributed by atoms with Crippen molar-refractivity contribution in [2.75, 3.05) is 0 Å². The van der Waals surface area contributed by atoms with Crippen LogP contribution in [0.5, 0.6) is 0 Å². The predicted octanol–water partition coefficient (Wildman–Crippen LogP) is 2.60. The van der Waals surface area contributed by atoms with Crippen LogP contribution in [0.25, 0.3) is 0 Å². The molecule has 0 bridgehead atoms. The van der Waals surface area contributed by atoms with Gasteiger partial charge < -0.3 is 0 Å². The summed E-state index contributed by atoms with van der Waals surface area (Å²) in [6, 6.07) is 0. The minimum atomic E-state index is -0.504. The molecule has 0 aromatic heterocycles. The Morgan fingerprint density at radius 2 is 1.80 bits per heavy atom. The van der Waals surface area contributed by atoms with Gasteiger partial charge in [0.05, 0.1) is 0 Å². The quantitative estimate of drug-likeness (QED) is 0.345. The summed E-state index contributed by atoms with van der Waals surface area (Å²) in [5.41, 5.74) is 0. The van der Waals surface area contributed by atoms with Crippen molar-refractivity contribution in [2.45, 2.75) is 0 Å². The normalized spacial score (nSPS) is 10.6. The van der Waals surface area contributed by atoms with Crippen LogP contribution in [0.1, 0.15) is 0 Å². The Kier molecular flexibility index (Phi) is 7.43. The number of rotatable bonds is 1. The molecule has 31 valence electrons. The molecule has 0 aliphatic carbocycles. The van der Waals surface area contributed by atoms with Crippen LogP contribution in [0.3, 0.4) is 0 Å². The fraction of sp³-hybridized carbons (Fsp3) is 0. The second kappa shape index (κ2) is 4.83. The van der Waals surface area contributed by atoms with Crippen LogP contribution in [0.2, 0.25) is 0 Å². The molecule has 0 aromatic rings. The summed E-state index contributed by atoms with van der Waals surface area (Å²) in [4.78, 5) is 2.21. The van der Waals surface area contributed by atoms with E-state index in [0.717, 1.165) is 0 Å². The summed E-state index contributed by atoms with van der Waals surface area (Å²) in [5, 5.41) is 0. The standard InChI is InChI=1S/BH2I3P/c2-4(3)1-5/h5H2. The second-order valence-electron chi connectivity index (χ2n) is 0.345. The van der Waals surface area contributed by atoms with Crippen LogP contribution >= 0.6 is 58.0 Å². The number of halogens is 3. The van der Waals surface area contributed by atoms with Gasteiger partial charge in [-0.1, -0.05) is 0 Å². The van der Waals surface area contributed by atoms with Crippen LogP contribution in [0, 0.1) is 0 Å². The molecule has 1 atom stereocenters.